The van der Waals surface area contributed by atoms with Gasteiger partial charge in [0.05, 0.1) is 7.11 Å². The van der Waals surface area contributed by atoms with Crippen molar-refractivity contribution in [1.82, 2.24) is 0 Å². The Bertz CT molecular complexity index is 446. The first-order valence-electron chi connectivity index (χ1n) is 5.18. The highest BCUT2D eigenvalue weighted by Crippen LogP contribution is 2.30. The lowest BCUT2D eigenvalue weighted by molar-refractivity contribution is -0.142. The monoisotopic (exact) mass is 235 g/mol. The first-order valence-corrected chi connectivity index (χ1v) is 5.18. The fraction of sp³-hybridized carbons (Fsp3) is 0.333. The van der Waals surface area contributed by atoms with Crippen LogP contribution in [0.15, 0.2) is 24.3 Å². The molecule has 2 rings (SSSR count). The van der Waals surface area contributed by atoms with Crippen LogP contribution in [0.3, 0.4) is 0 Å². The Morgan fingerprint density at radius 2 is 2.12 bits per heavy atom. The smallest absolute Gasteiger partial charge is 0.259 e. The number of ether oxygens (including phenoxy) is 2. The molecule has 5 nitrogen and oxygen atoms in total. The summed E-state index contributed by atoms with van der Waals surface area (Å²) < 4.78 is 10.0. The van der Waals surface area contributed by atoms with Crippen molar-refractivity contribution >= 4 is 17.9 Å². The maximum Gasteiger partial charge on any atom is 0.259 e. The lowest BCUT2D eigenvalue weighted by Gasteiger charge is -2.42. The van der Waals surface area contributed by atoms with Gasteiger partial charge in [-0.15, -0.1) is 0 Å². The molecule has 5 heteroatoms. The van der Waals surface area contributed by atoms with Gasteiger partial charge in [-0.05, 0) is 12.1 Å². The summed E-state index contributed by atoms with van der Waals surface area (Å²) in [6, 6.07) is 6.45. The van der Waals surface area contributed by atoms with E-state index in [1.165, 1.54) is 12.0 Å². The topological polar surface area (TPSA) is 55.8 Å². The predicted octanol–water partition coefficient (Wildman–Crippen LogP) is 0.624. The highest BCUT2D eigenvalue weighted by Gasteiger charge is 2.48. The number of methoxy groups -OCH3 is 2. The van der Waals surface area contributed by atoms with E-state index >= 15 is 0 Å². The van der Waals surface area contributed by atoms with Gasteiger partial charge in [-0.25, -0.2) is 0 Å². The van der Waals surface area contributed by atoms with E-state index in [-0.39, 0.29) is 5.91 Å². The maximum absolute atomic E-state index is 11.8. The van der Waals surface area contributed by atoms with Crippen LogP contribution in [0, 0.1) is 0 Å². The van der Waals surface area contributed by atoms with Gasteiger partial charge in [0.25, 0.3) is 5.91 Å². The molecule has 0 aliphatic carbocycles. The summed E-state index contributed by atoms with van der Waals surface area (Å²) in [5, 5.41) is 0. The highest BCUT2D eigenvalue weighted by atomic mass is 16.5. The van der Waals surface area contributed by atoms with Gasteiger partial charge >= 0.3 is 0 Å². The van der Waals surface area contributed by atoms with Crippen molar-refractivity contribution in [3.05, 3.63) is 24.3 Å². The minimum absolute atomic E-state index is 0.210. The Morgan fingerprint density at radius 3 is 2.71 bits per heavy atom. The molecule has 1 amide bonds. The number of carbonyl (C=O) groups is 2. The summed E-state index contributed by atoms with van der Waals surface area (Å²) in [5.74, 6) is 0.429. The number of amides is 1. The molecule has 1 heterocycles. The summed E-state index contributed by atoms with van der Waals surface area (Å²) in [4.78, 5) is 24.1. The average molecular weight is 235 g/mol. The molecule has 1 fully saturated rings. The molecule has 0 N–H and O–H groups in total. The quantitative estimate of drug-likeness (QED) is 0.567. The Hall–Kier alpha value is -1.88. The molecule has 0 radical (unpaired) electrons. The zero-order chi connectivity index (χ0) is 12.4. The van der Waals surface area contributed by atoms with E-state index in [4.69, 9.17) is 9.47 Å². The Morgan fingerprint density at radius 1 is 1.35 bits per heavy atom. The first-order chi connectivity index (χ1) is 8.22. The van der Waals surface area contributed by atoms with Gasteiger partial charge in [-0.1, -0.05) is 6.07 Å². The SMILES string of the molecule is COc1cccc(N2C(=O)[C@H](OC)[C@@H]2C=O)c1. The average Bonchev–Trinajstić information content (AvgIpc) is 2.36. The largest absolute Gasteiger partial charge is 0.497 e. The van der Waals surface area contributed by atoms with Crippen LogP contribution in [0.1, 0.15) is 0 Å². The van der Waals surface area contributed by atoms with Gasteiger partial charge in [0.1, 0.15) is 18.1 Å². The van der Waals surface area contributed by atoms with E-state index in [0.29, 0.717) is 11.4 Å². The van der Waals surface area contributed by atoms with Crippen molar-refractivity contribution in [2.24, 2.45) is 0 Å². The molecule has 1 aromatic rings. The van der Waals surface area contributed by atoms with Crippen molar-refractivity contribution in [2.75, 3.05) is 19.1 Å². The minimum Gasteiger partial charge on any atom is -0.497 e. The molecule has 1 aliphatic heterocycles. The van der Waals surface area contributed by atoms with Gasteiger partial charge in [-0.3, -0.25) is 9.69 Å². The molecule has 1 saturated heterocycles. The van der Waals surface area contributed by atoms with Crippen LogP contribution >= 0.6 is 0 Å². The Kier molecular flexibility index (Phi) is 3.10. The number of nitrogens with zero attached hydrogens (tertiary/aromatic N) is 1. The van der Waals surface area contributed by atoms with Crippen molar-refractivity contribution in [2.45, 2.75) is 12.1 Å². The molecule has 0 saturated carbocycles. The molecule has 0 spiro atoms. The van der Waals surface area contributed by atoms with E-state index in [1.807, 2.05) is 0 Å². The summed E-state index contributed by atoms with van der Waals surface area (Å²) >= 11 is 0. The van der Waals surface area contributed by atoms with Crippen molar-refractivity contribution in [3.63, 3.8) is 0 Å². The third kappa shape index (κ3) is 1.78. The predicted molar refractivity (Wildman–Crippen MR) is 61.1 cm³/mol. The van der Waals surface area contributed by atoms with Crippen LogP contribution in [-0.2, 0) is 14.3 Å². The third-order valence-corrected chi connectivity index (χ3v) is 2.81. The summed E-state index contributed by atoms with van der Waals surface area (Å²) in [5.41, 5.74) is 0.639. The number of aldehydes is 1. The van der Waals surface area contributed by atoms with Crippen molar-refractivity contribution < 1.29 is 19.1 Å². The van der Waals surface area contributed by atoms with Gasteiger partial charge < -0.3 is 14.3 Å². The molecular formula is C12H13NO4. The van der Waals surface area contributed by atoms with Gasteiger partial charge in [0.2, 0.25) is 0 Å². The van der Waals surface area contributed by atoms with Crippen LogP contribution in [0.2, 0.25) is 0 Å². The number of carbonyl (C=O) groups excluding carboxylic acids is 2. The number of hydrogen-bond donors (Lipinski definition) is 0. The second kappa shape index (κ2) is 4.55. The summed E-state index contributed by atoms with van der Waals surface area (Å²) in [6.45, 7) is 0. The normalized spacial score (nSPS) is 23.2. The van der Waals surface area contributed by atoms with Crippen LogP contribution in [0.5, 0.6) is 5.75 Å². The molecule has 0 bridgehead atoms. The van der Waals surface area contributed by atoms with Gasteiger partial charge in [-0.2, -0.15) is 0 Å². The Balaban J connectivity index is 2.27. The number of benzene rings is 1. The van der Waals surface area contributed by atoms with Gasteiger partial charge in [0.15, 0.2) is 6.10 Å². The molecular weight excluding hydrogens is 222 g/mol. The molecule has 2 atom stereocenters. The maximum atomic E-state index is 11.8. The number of anilines is 1. The summed E-state index contributed by atoms with van der Waals surface area (Å²) in [7, 11) is 2.97. The molecule has 0 aromatic heterocycles. The molecule has 0 unspecified atom stereocenters. The summed E-state index contributed by atoms with van der Waals surface area (Å²) in [6.07, 6.45) is 0.0494. The standard InChI is InChI=1S/C12H13NO4/c1-16-9-5-3-4-8(6-9)13-10(7-14)11(17-2)12(13)15/h3-7,10-11H,1-2H3/t10-,11+/m0/s1. The second-order valence-electron chi connectivity index (χ2n) is 3.69. The van der Waals surface area contributed by atoms with Gasteiger partial charge in [0, 0.05) is 18.9 Å². The fourth-order valence-corrected chi connectivity index (χ4v) is 1.92. The van der Waals surface area contributed by atoms with Crippen LogP contribution in [0.4, 0.5) is 5.69 Å². The zero-order valence-corrected chi connectivity index (χ0v) is 9.62. The lowest BCUT2D eigenvalue weighted by Crippen LogP contribution is -2.66. The highest BCUT2D eigenvalue weighted by molar-refractivity contribution is 6.10. The number of rotatable bonds is 4. The zero-order valence-electron chi connectivity index (χ0n) is 9.62. The third-order valence-electron chi connectivity index (χ3n) is 2.81. The molecule has 90 valence electrons. The van der Waals surface area contributed by atoms with Crippen LogP contribution < -0.4 is 9.64 Å². The minimum atomic E-state index is -0.668. The number of hydrogen-bond acceptors (Lipinski definition) is 4. The number of β-lactam (4-membered cyclic amide) rings is 1. The Labute approximate surface area is 98.9 Å². The van der Waals surface area contributed by atoms with E-state index in [2.05, 4.69) is 0 Å². The second-order valence-corrected chi connectivity index (χ2v) is 3.69. The molecule has 1 aliphatic rings. The van der Waals surface area contributed by atoms with E-state index in [1.54, 1.807) is 31.4 Å². The van der Waals surface area contributed by atoms with E-state index < -0.39 is 12.1 Å². The van der Waals surface area contributed by atoms with Crippen molar-refractivity contribution in [1.29, 1.82) is 0 Å². The van der Waals surface area contributed by atoms with Crippen LogP contribution in [0.25, 0.3) is 0 Å². The fourth-order valence-electron chi connectivity index (χ4n) is 1.92. The molecule has 1 aromatic carbocycles. The first kappa shape index (κ1) is 11.6. The molecule has 17 heavy (non-hydrogen) atoms. The van der Waals surface area contributed by atoms with Crippen molar-refractivity contribution in [3.8, 4) is 5.75 Å². The van der Waals surface area contributed by atoms with Crippen LogP contribution in [-0.4, -0.2) is 38.6 Å². The lowest BCUT2D eigenvalue weighted by atomic mass is 9.98. The van der Waals surface area contributed by atoms with E-state index in [9.17, 15) is 9.59 Å². The van der Waals surface area contributed by atoms with E-state index in [0.717, 1.165) is 6.29 Å².